The fourth-order valence-electron chi connectivity index (χ4n) is 1.50. The Hall–Kier alpha value is -0.250. The molecule has 0 aromatic heterocycles. The molecule has 2 unspecified atom stereocenters. The number of hydrogen-bond acceptors (Lipinski definition) is 1. The highest BCUT2D eigenvalue weighted by Crippen LogP contribution is 2.28. The van der Waals surface area contributed by atoms with Crippen molar-refractivity contribution >= 4 is 0 Å². The molecule has 0 fully saturated rings. The van der Waals surface area contributed by atoms with E-state index in [2.05, 4.69) is 0 Å². The maximum absolute atomic E-state index is 11.9. The molecule has 0 heterocycles. The van der Waals surface area contributed by atoms with E-state index in [1.54, 1.807) is 0 Å². The van der Waals surface area contributed by atoms with E-state index in [0.717, 1.165) is 6.42 Å². The van der Waals surface area contributed by atoms with E-state index in [1.165, 1.54) is 0 Å². The summed E-state index contributed by atoms with van der Waals surface area (Å²) in [5, 5.41) is 8.79. The van der Waals surface area contributed by atoms with E-state index in [1.807, 2.05) is 13.8 Å². The highest BCUT2D eigenvalue weighted by molar-refractivity contribution is 4.64. The van der Waals surface area contributed by atoms with Crippen molar-refractivity contribution in [3.63, 3.8) is 0 Å². The van der Waals surface area contributed by atoms with E-state index >= 15 is 0 Å². The lowest BCUT2D eigenvalue weighted by Gasteiger charge is -2.18. The Labute approximate surface area is 83.3 Å². The molecule has 4 heteroatoms. The van der Waals surface area contributed by atoms with Crippen molar-refractivity contribution in [2.24, 2.45) is 11.8 Å². The number of aliphatic hydroxyl groups excluding tert-OH is 1. The third kappa shape index (κ3) is 7.18. The zero-order valence-corrected chi connectivity index (χ0v) is 8.77. The molecule has 0 aliphatic heterocycles. The van der Waals surface area contributed by atoms with Gasteiger partial charge in [0.05, 0.1) is 0 Å². The lowest BCUT2D eigenvalue weighted by molar-refractivity contribution is -0.138. The van der Waals surface area contributed by atoms with Crippen molar-refractivity contribution in [3.8, 4) is 0 Å². The van der Waals surface area contributed by atoms with Gasteiger partial charge in [0, 0.05) is 13.0 Å². The molecular weight excluding hydrogens is 193 g/mol. The van der Waals surface area contributed by atoms with Gasteiger partial charge in [-0.05, 0) is 24.7 Å². The van der Waals surface area contributed by atoms with E-state index in [0.29, 0.717) is 6.42 Å². The summed E-state index contributed by atoms with van der Waals surface area (Å²) in [6, 6.07) is 0. The summed E-state index contributed by atoms with van der Waals surface area (Å²) in [4.78, 5) is 0. The van der Waals surface area contributed by atoms with Gasteiger partial charge in [0.1, 0.15) is 0 Å². The van der Waals surface area contributed by atoms with Gasteiger partial charge in [0.2, 0.25) is 0 Å². The van der Waals surface area contributed by atoms with Crippen molar-refractivity contribution < 1.29 is 18.3 Å². The van der Waals surface area contributed by atoms with Crippen LogP contribution in [0.25, 0.3) is 0 Å². The van der Waals surface area contributed by atoms with Gasteiger partial charge in [-0.2, -0.15) is 13.2 Å². The van der Waals surface area contributed by atoms with Gasteiger partial charge in [-0.15, -0.1) is 0 Å². The minimum absolute atomic E-state index is 0.0581. The van der Waals surface area contributed by atoms with Crippen LogP contribution in [0.15, 0.2) is 0 Å². The van der Waals surface area contributed by atoms with Gasteiger partial charge in [-0.3, -0.25) is 0 Å². The quantitative estimate of drug-likeness (QED) is 0.715. The van der Waals surface area contributed by atoms with Crippen LogP contribution >= 0.6 is 0 Å². The normalized spacial score (nSPS) is 16.7. The fourth-order valence-corrected chi connectivity index (χ4v) is 1.50. The zero-order chi connectivity index (χ0) is 11.2. The first-order valence-corrected chi connectivity index (χ1v) is 5.06. The summed E-state index contributed by atoms with van der Waals surface area (Å²) in [5.74, 6) is 0.187. The predicted octanol–water partition coefficient (Wildman–Crippen LogP) is 3.37. The number of rotatable bonds is 6. The van der Waals surface area contributed by atoms with Gasteiger partial charge in [-0.25, -0.2) is 0 Å². The highest BCUT2D eigenvalue weighted by Gasteiger charge is 2.28. The first kappa shape index (κ1) is 13.8. The Morgan fingerprint density at radius 2 is 1.86 bits per heavy atom. The summed E-state index contributed by atoms with van der Waals surface area (Å²) >= 11 is 0. The Morgan fingerprint density at radius 1 is 1.29 bits per heavy atom. The number of alkyl halides is 3. The molecule has 0 aliphatic rings. The van der Waals surface area contributed by atoms with Crippen LogP contribution in [0, 0.1) is 11.8 Å². The highest BCUT2D eigenvalue weighted by atomic mass is 19.4. The Bertz CT molecular complexity index is 145. The summed E-state index contributed by atoms with van der Waals surface area (Å²) in [7, 11) is 0. The summed E-state index contributed by atoms with van der Waals surface area (Å²) in [5.41, 5.74) is 0. The monoisotopic (exact) mass is 212 g/mol. The minimum atomic E-state index is -4.05. The molecule has 0 bridgehead atoms. The van der Waals surface area contributed by atoms with Gasteiger partial charge in [-0.1, -0.05) is 20.3 Å². The lowest BCUT2D eigenvalue weighted by Crippen LogP contribution is -2.14. The molecule has 1 nitrogen and oxygen atoms in total. The second-order valence-corrected chi connectivity index (χ2v) is 3.95. The topological polar surface area (TPSA) is 20.2 Å². The predicted molar refractivity (Wildman–Crippen MR) is 49.9 cm³/mol. The van der Waals surface area contributed by atoms with Crippen molar-refractivity contribution in [2.45, 2.75) is 45.7 Å². The van der Waals surface area contributed by atoms with E-state index in [4.69, 9.17) is 5.11 Å². The number of aliphatic hydroxyl groups is 1. The molecule has 14 heavy (non-hydrogen) atoms. The van der Waals surface area contributed by atoms with Crippen LogP contribution in [0.1, 0.15) is 39.5 Å². The van der Waals surface area contributed by atoms with Crippen LogP contribution in [-0.4, -0.2) is 17.9 Å². The fraction of sp³-hybridized carbons (Fsp3) is 1.00. The van der Waals surface area contributed by atoms with Crippen molar-refractivity contribution in [3.05, 3.63) is 0 Å². The molecule has 0 aliphatic carbocycles. The van der Waals surface area contributed by atoms with Crippen LogP contribution in [-0.2, 0) is 0 Å². The summed E-state index contributed by atoms with van der Waals surface area (Å²) in [6.07, 6.45) is -3.13. The second-order valence-electron chi connectivity index (χ2n) is 3.95. The van der Waals surface area contributed by atoms with Crippen molar-refractivity contribution in [1.29, 1.82) is 0 Å². The molecular formula is C10H19F3O. The molecule has 0 saturated heterocycles. The molecule has 1 N–H and O–H groups in total. The SMILES string of the molecule is CCC(CCC(F)(F)F)CC(C)CO. The van der Waals surface area contributed by atoms with Gasteiger partial charge >= 0.3 is 6.18 Å². The van der Waals surface area contributed by atoms with Crippen LogP contribution in [0.4, 0.5) is 13.2 Å². The molecule has 0 amide bonds. The third-order valence-electron chi connectivity index (χ3n) is 2.46. The number of halogens is 3. The molecule has 86 valence electrons. The van der Waals surface area contributed by atoms with E-state index in [-0.39, 0.29) is 24.9 Å². The van der Waals surface area contributed by atoms with Crippen LogP contribution in [0.2, 0.25) is 0 Å². The standard InChI is InChI=1S/C10H19F3O/c1-3-9(6-8(2)7-14)4-5-10(11,12)13/h8-9,14H,3-7H2,1-2H3. The van der Waals surface area contributed by atoms with Gasteiger partial charge < -0.3 is 5.11 Å². The first-order valence-electron chi connectivity index (χ1n) is 5.06. The van der Waals surface area contributed by atoms with E-state index < -0.39 is 12.6 Å². The molecule has 2 atom stereocenters. The largest absolute Gasteiger partial charge is 0.396 e. The average molecular weight is 212 g/mol. The Kier molecular flexibility index (Phi) is 6.16. The lowest BCUT2D eigenvalue weighted by atomic mass is 9.90. The zero-order valence-electron chi connectivity index (χ0n) is 8.77. The third-order valence-corrected chi connectivity index (χ3v) is 2.46. The molecule has 0 radical (unpaired) electrons. The second kappa shape index (κ2) is 6.27. The Balaban J connectivity index is 3.80. The summed E-state index contributed by atoms with van der Waals surface area (Å²) < 4.78 is 35.8. The smallest absolute Gasteiger partial charge is 0.389 e. The minimum Gasteiger partial charge on any atom is -0.396 e. The molecule has 0 saturated carbocycles. The maximum Gasteiger partial charge on any atom is 0.389 e. The molecule has 0 aromatic carbocycles. The van der Waals surface area contributed by atoms with Crippen molar-refractivity contribution in [1.82, 2.24) is 0 Å². The average Bonchev–Trinajstić information content (AvgIpc) is 2.10. The van der Waals surface area contributed by atoms with Crippen LogP contribution in [0.3, 0.4) is 0 Å². The molecule has 0 rings (SSSR count). The van der Waals surface area contributed by atoms with Crippen LogP contribution < -0.4 is 0 Å². The van der Waals surface area contributed by atoms with Crippen LogP contribution in [0.5, 0.6) is 0 Å². The van der Waals surface area contributed by atoms with Gasteiger partial charge in [0.25, 0.3) is 0 Å². The first-order chi connectivity index (χ1) is 6.39. The Morgan fingerprint density at radius 3 is 2.21 bits per heavy atom. The molecule has 0 spiro atoms. The summed E-state index contributed by atoms with van der Waals surface area (Å²) in [6.45, 7) is 3.81. The van der Waals surface area contributed by atoms with Gasteiger partial charge in [0.15, 0.2) is 0 Å². The van der Waals surface area contributed by atoms with E-state index in [9.17, 15) is 13.2 Å². The molecule has 0 aromatic rings. The maximum atomic E-state index is 11.9. The van der Waals surface area contributed by atoms with Crippen molar-refractivity contribution in [2.75, 3.05) is 6.61 Å². The number of hydrogen-bond donors (Lipinski definition) is 1.